The van der Waals surface area contributed by atoms with E-state index >= 15 is 0 Å². The SMILES string of the molecule is Cc1ccc(C2SCC(C(=O)O)N2C(=O)c2ccc(NC(=O)C3CC3)cc2Cl)c(C)c1. The van der Waals surface area contributed by atoms with Gasteiger partial charge in [-0.2, -0.15) is 0 Å². The van der Waals surface area contributed by atoms with E-state index in [-0.39, 0.29) is 22.4 Å². The summed E-state index contributed by atoms with van der Waals surface area (Å²) in [4.78, 5) is 38.8. The number of carboxylic acid groups (broad SMARTS) is 1. The molecule has 2 N–H and O–H groups in total. The van der Waals surface area contributed by atoms with E-state index in [1.807, 2.05) is 32.0 Å². The van der Waals surface area contributed by atoms with Crippen LogP contribution in [-0.2, 0) is 9.59 Å². The molecule has 4 rings (SSSR count). The lowest BCUT2D eigenvalue weighted by molar-refractivity contribution is -0.141. The maximum atomic E-state index is 13.5. The number of nitrogens with one attached hydrogen (secondary N) is 1. The molecule has 0 bridgehead atoms. The second-order valence-corrected chi connectivity index (χ2v) is 9.59. The Labute approximate surface area is 190 Å². The van der Waals surface area contributed by atoms with Crippen molar-refractivity contribution in [2.24, 2.45) is 5.92 Å². The van der Waals surface area contributed by atoms with Gasteiger partial charge in [0.15, 0.2) is 0 Å². The van der Waals surface area contributed by atoms with Crippen LogP contribution in [0.2, 0.25) is 5.02 Å². The molecule has 6 nitrogen and oxygen atoms in total. The summed E-state index contributed by atoms with van der Waals surface area (Å²) >= 11 is 7.84. The molecule has 2 aliphatic rings. The van der Waals surface area contributed by atoms with Crippen molar-refractivity contribution in [3.05, 3.63) is 63.7 Å². The predicted octanol–water partition coefficient (Wildman–Crippen LogP) is 4.65. The molecule has 31 heavy (non-hydrogen) atoms. The van der Waals surface area contributed by atoms with Crippen molar-refractivity contribution in [2.45, 2.75) is 38.1 Å². The first-order valence-electron chi connectivity index (χ1n) is 10.1. The molecule has 0 spiro atoms. The molecule has 2 unspecified atom stereocenters. The number of thioether (sulfide) groups is 1. The summed E-state index contributed by atoms with van der Waals surface area (Å²) in [5.74, 6) is -1.18. The first-order valence-corrected chi connectivity index (χ1v) is 11.5. The van der Waals surface area contributed by atoms with Crippen molar-refractivity contribution in [3.8, 4) is 0 Å². The van der Waals surface area contributed by atoms with Crippen molar-refractivity contribution in [1.29, 1.82) is 0 Å². The number of carboxylic acids is 1. The maximum Gasteiger partial charge on any atom is 0.327 e. The average Bonchev–Trinajstić information content (AvgIpc) is 3.46. The summed E-state index contributed by atoms with van der Waals surface area (Å²) in [6.45, 7) is 3.95. The monoisotopic (exact) mass is 458 g/mol. The summed E-state index contributed by atoms with van der Waals surface area (Å²) in [6.07, 6.45) is 1.78. The summed E-state index contributed by atoms with van der Waals surface area (Å²) in [5.41, 5.74) is 3.76. The Balaban J connectivity index is 1.64. The first kappa shape index (κ1) is 21.7. The van der Waals surface area contributed by atoms with Crippen LogP contribution in [0.5, 0.6) is 0 Å². The van der Waals surface area contributed by atoms with Crippen molar-refractivity contribution in [2.75, 3.05) is 11.1 Å². The molecule has 1 saturated heterocycles. The maximum absolute atomic E-state index is 13.5. The summed E-state index contributed by atoms with van der Waals surface area (Å²) in [7, 11) is 0. The van der Waals surface area contributed by atoms with Gasteiger partial charge in [-0.15, -0.1) is 11.8 Å². The zero-order valence-corrected chi connectivity index (χ0v) is 18.8. The summed E-state index contributed by atoms with van der Waals surface area (Å²) in [5, 5.41) is 12.3. The fourth-order valence-electron chi connectivity index (χ4n) is 3.78. The molecular weight excluding hydrogens is 436 g/mol. The van der Waals surface area contributed by atoms with Gasteiger partial charge in [-0.3, -0.25) is 9.59 Å². The highest BCUT2D eigenvalue weighted by Crippen LogP contribution is 2.44. The zero-order chi connectivity index (χ0) is 22.3. The summed E-state index contributed by atoms with van der Waals surface area (Å²) in [6, 6.07) is 9.71. The van der Waals surface area contributed by atoms with Gasteiger partial charge in [0.2, 0.25) is 5.91 Å². The molecule has 2 atom stereocenters. The van der Waals surface area contributed by atoms with E-state index in [1.54, 1.807) is 18.2 Å². The Morgan fingerprint density at radius 3 is 2.48 bits per heavy atom. The largest absolute Gasteiger partial charge is 0.480 e. The van der Waals surface area contributed by atoms with E-state index in [4.69, 9.17) is 11.6 Å². The van der Waals surface area contributed by atoms with Gasteiger partial charge >= 0.3 is 5.97 Å². The minimum absolute atomic E-state index is 0.0491. The van der Waals surface area contributed by atoms with Gasteiger partial charge in [0.1, 0.15) is 11.4 Å². The lowest BCUT2D eigenvalue weighted by atomic mass is 10.0. The molecule has 8 heteroatoms. The number of hydrogen-bond acceptors (Lipinski definition) is 4. The Bertz CT molecular complexity index is 1070. The standard InChI is InChI=1S/C23H23ClN2O4S/c1-12-3-7-16(13(2)9-12)22-26(19(11-31-22)23(29)30)21(28)17-8-6-15(10-18(17)24)25-20(27)14-4-5-14/h3,6-10,14,19,22H,4-5,11H2,1-2H3,(H,25,27)(H,29,30). The van der Waals surface area contributed by atoms with Crippen LogP contribution >= 0.6 is 23.4 Å². The molecule has 1 aliphatic carbocycles. The third-order valence-electron chi connectivity index (χ3n) is 5.63. The number of hydrogen-bond donors (Lipinski definition) is 2. The van der Waals surface area contributed by atoms with E-state index in [0.717, 1.165) is 29.5 Å². The highest BCUT2D eigenvalue weighted by molar-refractivity contribution is 7.99. The zero-order valence-electron chi connectivity index (χ0n) is 17.2. The number of nitrogens with zero attached hydrogens (tertiary/aromatic N) is 1. The molecule has 2 fully saturated rings. The van der Waals surface area contributed by atoms with Gasteiger partial charge in [0, 0.05) is 17.4 Å². The van der Waals surface area contributed by atoms with Crippen LogP contribution in [0, 0.1) is 19.8 Å². The molecule has 162 valence electrons. The Morgan fingerprint density at radius 1 is 1.13 bits per heavy atom. The lowest BCUT2D eigenvalue weighted by Gasteiger charge is -2.29. The number of aryl methyl sites for hydroxylation is 2. The van der Waals surface area contributed by atoms with Crippen LogP contribution in [-0.4, -0.2) is 39.6 Å². The highest BCUT2D eigenvalue weighted by Gasteiger charge is 2.43. The Kier molecular flexibility index (Phi) is 5.99. The molecule has 2 aromatic carbocycles. The minimum atomic E-state index is -1.04. The second kappa shape index (κ2) is 8.55. The average molecular weight is 459 g/mol. The fourth-order valence-corrected chi connectivity index (χ4v) is 5.56. The number of benzene rings is 2. The molecule has 2 amide bonds. The number of carbonyl (C=O) groups is 3. The van der Waals surface area contributed by atoms with Gasteiger partial charge in [0.05, 0.1) is 10.6 Å². The fraction of sp³-hybridized carbons (Fsp3) is 0.348. The van der Waals surface area contributed by atoms with Crippen molar-refractivity contribution >= 4 is 46.8 Å². The van der Waals surface area contributed by atoms with Crippen LogP contribution in [0.1, 0.15) is 45.3 Å². The van der Waals surface area contributed by atoms with Crippen LogP contribution in [0.4, 0.5) is 5.69 Å². The van der Waals surface area contributed by atoms with E-state index in [2.05, 4.69) is 5.32 Å². The van der Waals surface area contributed by atoms with Crippen LogP contribution < -0.4 is 5.32 Å². The lowest BCUT2D eigenvalue weighted by Crippen LogP contribution is -2.43. The Morgan fingerprint density at radius 2 is 1.87 bits per heavy atom. The quantitative estimate of drug-likeness (QED) is 0.681. The third kappa shape index (κ3) is 4.43. The van der Waals surface area contributed by atoms with Gasteiger partial charge in [0.25, 0.3) is 5.91 Å². The number of carbonyl (C=O) groups excluding carboxylic acids is 2. The number of anilines is 1. The normalized spacial score (nSPS) is 20.5. The molecule has 1 aliphatic heterocycles. The van der Waals surface area contributed by atoms with Gasteiger partial charge < -0.3 is 15.3 Å². The van der Waals surface area contributed by atoms with Crippen molar-refractivity contribution in [3.63, 3.8) is 0 Å². The third-order valence-corrected chi connectivity index (χ3v) is 7.24. The van der Waals surface area contributed by atoms with E-state index in [9.17, 15) is 19.5 Å². The molecular formula is C23H23ClN2O4S. The van der Waals surface area contributed by atoms with Crippen molar-refractivity contribution < 1.29 is 19.5 Å². The van der Waals surface area contributed by atoms with Gasteiger partial charge in [-0.05, 0) is 56.0 Å². The smallest absolute Gasteiger partial charge is 0.327 e. The highest BCUT2D eigenvalue weighted by atomic mass is 35.5. The topological polar surface area (TPSA) is 86.7 Å². The summed E-state index contributed by atoms with van der Waals surface area (Å²) < 4.78 is 0. The Hall–Kier alpha value is -2.51. The molecule has 0 aromatic heterocycles. The van der Waals surface area contributed by atoms with Crippen LogP contribution in [0.3, 0.4) is 0 Å². The van der Waals surface area contributed by atoms with Crippen LogP contribution in [0.15, 0.2) is 36.4 Å². The molecule has 2 aromatic rings. The first-order chi connectivity index (χ1) is 14.8. The van der Waals surface area contributed by atoms with Crippen LogP contribution in [0.25, 0.3) is 0 Å². The molecule has 0 radical (unpaired) electrons. The molecule has 1 heterocycles. The number of aliphatic carboxylic acids is 1. The minimum Gasteiger partial charge on any atom is -0.480 e. The predicted molar refractivity (Wildman–Crippen MR) is 122 cm³/mol. The number of amides is 2. The van der Waals surface area contributed by atoms with E-state index < -0.39 is 23.3 Å². The molecule has 1 saturated carbocycles. The van der Waals surface area contributed by atoms with Gasteiger partial charge in [-0.1, -0.05) is 35.4 Å². The van der Waals surface area contributed by atoms with E-state index in [1.165, 1.54) is 16.7 Å². The second-order valence-electron chi connectivity index (χ2n) is 8.07. The van der Waals surface area contributed by atoms with Crippen molar-refractivity contribution in [1.82, 2.24) is 4.90 Å². The van der Waals surface area contributed by atoms with E-state index in [0.29, 0.717) is 11.4 Å². The van der Waals surface area contributed by atoms with Gasteiger partial charge in [-0.25, -0.2) is 4.79 Å². The number of rotatable bonds is 5. The number of halogens is 1.